The van der Waals surface area contributed by atoms with Gasteiger partial charge in [0.05, 0.1) is 5.92 Å². The fourth-order valence-corrected chi connectivity index (χ4v) is 5.01. The Morgan fingerprint density at radius 3 is 2.89 bits per heavy atom. The first-order chi connectivity index (χ1) is 13.6. The summed E-state index contributed by atoms with van der Waals surface area (Å²) in [6.07, 6.45) is 3.26. The number of carbonyl (C=O) groups excluding carboxylic acids is 2. The molecule has 9 heteroatoms. The summed E-state index contributed by atoms with van der Waals surface area (Å²) in [4.78, 5) is 28.4. The van der Waals surface area contributed by atoms with Crippen LogP contribution < -0.4 is 15.1 Å². The Kier molecular flexibility index (Phi) is 5.91. The smallest absolute Gasteiger partial charge is 0.228 e. The molecule has 2 saturated heterocycles. The largest absolute Gasteiger partial charge is 0.352 e. The van der Waals surface area contributed by atoms with Gasteiger partial charge in [-0.05, 0) is 37.0 Å². The Balaban J connectivity index is 1.35. The molecule has 1 atom stereocenters. The van der Waals surface area contributed by atoms with Gasteiger partial charge >= 0.3 is 0 Å². The highest BCUT2D eigenvalue weighted by Crippen LogP contribution is 2.32. The fourth-order valence-electron chi connectivity index (χ4n) is 3.64. The molecule has 0 bridgehead atoms. The Labute approximate surface area is 176 Å². The van der Waals surface area contributed by atoms with Gasteiger partial charge in [-0.2, -0.15) is 0 Å². The molecule has 28 heavy (non-hydrogen) atoms. The first kappa shape index (κ1) is 19.3. The maximum Gasteiger partial charge on any atom is 0.228 e. The van der Waals surface area contributed by atoms with Gasteiger partial charge in [-0.15, -0.1) is 10.2 Å². The van der Waals surface area contributed by atoms with Crippen molar-refractivity contribution in [2.75, 3.05) is 29.4 Å². The number of rotatable bonds is 5. The maximum absolute atomic E-state index is 12.7. The van der Waals surface area contributed by atoms with Gasteiger partial charge in [-0.3, -0.25) is 14.5 Å². The van der Waals surface area contributed by atoms with Gasteiger partial charge in [0.25, 0.3) is 0 Å². The van der Waals surface area contributed by atoms with E-state index in [-0.39, 0.29) is 17.7 Å². The van der Waals surface area contributed by atoms with Crippen molar-refractivity contribution in [1.29, 1.82) is 0 Å². The third kappa shape index (κ3) is 4.35. The third-order valence-corrected chi connectivity index (χ3v) is 6.63. The van der Waals surface area contributed by atoms with Crippen LogP contribution in [0.25, 0.3) is 0 Å². The summed E-state index contributed by atoms with van der Waals surface area (Å²) < 4.78 is 1.01. The number of benzene rings is 1. The quantitative estimate of drug-likeness (QED) is 0.737. The number of hydrogen-bond donors (Lipinski definition) is 1. The molecule has 2 aromatic rings. The molecule has 2 aliphatic rings. The molecule has 1 unspecified atom stereocenters. The van der Waals surface area contributed by atoms with Crippen LogP contribution in [0.15, 0.2) is 28.7 Å². The minimum atomic E-state index is -0.0679. The Morgan fingerprint density at radius 2 is 2.11 bits per heavy atom. The number of halogens is 1. The molecule has 0 spiro atoms. The Morgan fingerprint density at radius 1 is 1.25 bits per heavy atom. The summed E-state index contributed by atoms with van der Waals surface area (Å²) in [5.74, 6) is 0.122. The van der Waals surface area contributed by atoms with Crippen molar-refractivity contribution in [3.05, 3.63) is 34.3 Å². The van der Waals surface area contributed by atoms with E-state index >= 15 is 0 Å². The van der Waals surface area contributed by atoms with Gasteiger partial charge in [0.15, 0.2) is 0 Å². The lowest BCUT2D eigenvalue weighted by atomic mass is 9.97. The summed E-state index contributed by atoms with van der Waals surface area (Å²) in [7, 11) is 0. The standard InChI is InChI=1S/C19H22BrN5O2S/c20-15-6-1-4-13(10-15)11-21-17(27)14-5-2-8-24(12-14)18-22-23-19(28-18)25-9-3-7-16(25)26/h1,4,6,10,14H,2-3,5,7-9,11-12H2,(H,21,27). The van der Waals surface area contributed by atoms with Gasteiger partial charge in [-0.25, -0.2) is 0 Å². The predicted octanol–water partition coefficient (Wildman–Crippen LogP) is 2.96. The second kappa shape index (κ2) is 8.57. The van der Waals surface area contributed by atoms with Crippen LogP contribution in [0, 0.1) is 5.92 Å². The highest BCUT2D eigenvalue weighted by Gasteiger charge is 2.29. The molecule has 7 nitrogen and oxygen atoms in total. The molecule has 0 radical (unpaired) electrons. The lowest BCUT2D eigenvalue weighted by Crippen LogP contribution is -2.43. The van der Waals surface area contributed by atoms with Gasteiger partial charge < -0.3 is 10.2 Å². The number of hydrogen-bond acceptors (Lipinski definition) is 6. The molecular formula is C19H22BrN5O2S. The van der Waals surface area contributed by atoms with Crippen molar-refractivity contribution in [2.24, 2.45) is 5.92 Å². The van der Waals surface area contributed by atoms with Crippen LogP contribution in [0.3, 0.4) is 0 Å². The van der Waals surface area contributed by atoms with E-state index in [1.807, 2.05) is 24.3 Å². The van der Waals surface area contributed by atoms with Crippen LogP contribution in [0.2, 0.25) is 0 Å². The molecule has 2 aliphatic heterocycles. The summed E-state index contributed by atoms with van der Waals surface area (Å²) in [6, 6.07) is 7.94. The second-order valence-electron chi connectivity index (χ2n) is 7.15. The first-order valence-electron chi connectivity index (χ1n) is 9.51. The number of anilines is 2. The summed E-state index contributed by atoms with van der Waals surface area (Å²) in [5, 5.41) is 13.0. The summed E-state index contributed by atoms with van der Waals surface area (Å²) in [5.41, 5.74) is 1.07. The number of nitrogens with one attached hydrogen (secondary N) is 1. The van der Waals surface area contributed by atoms with Crippen molar-refractivity contribution in [2.45, 2.75) is 32.2 Å². The molecule has 148 valence electrons. The van der Waals surface area contributed by atoms with Gasteiger partial charge in [0, 0.05) is 37.1 Å². The van der Waals surface area contributed by atoms with Crippen molar-refractivity contribution in [3.8, 4) is 0 Å². The van der Waals surface area contributed by atoms with Crippen molar-refractivity contribution < 1.29 is 9.59 Å². The van der Waals surface area contributed by atoms with Gasteiger partial charge in [0.2, 0.25) is 22.1 Å². The van der Waals surface area contributed by atoms with Crippen LogP contribution in [-0.2, 0) is 16.1 Å². The number of aromatic nitrogens is 2. The van der Waals surface area contributed by atoms with E-state index in [0.29, 0.717) is 31.2 Å². The fraction of sp³-hybridized carbons (Fsp3) is 0.474. The lowest BCUT2D eigenvalue weighted by Gasteiger charge is -2.31. The molecule has 0 aliphatic carbocycles. The Hall–Kier alpha value is -2.00. The average Bonchev–Trinajstić information content (AvgIpc) is 3.35. The molecule has 1 aromatic carbocycles. The van der Waals surface area contributed by atoms with E-state index in [4.69, 9.17) is 0 Å². The predicted molar refractivity (Wildman–Crippen MR) is 112 cm³/mol. The van der Waals surface area contributed by atoms with E-state index in [1.54, 1.807) is 4.90 Å². The maximum atomic E-state index is 12.7. The van der Waals surface area contributed by atoms with Gasteiger partial charge in [0.1, 0.15) is 0 Å². The topological polar surface area (TPSA) is 78.4 Å². The molecule has 2 fully saturated rings. The number of piperidine rings is 1. The summed E-state index contributed by atoms with van der Waals surface area (Å²) in [6.45, 7) is 2.73. The van der Waals surface area contributed by atoms with E-state index in [9.17, 15) is 9.59 Å². The highest BCUT2D eigenvalue weighted by atomic mass is 79.9. The lowest BCUT2D eigenvalue weighted by molar-refractivity contribution is -0.125. The zero-order valence-electron chi connectivity index (χ0n) is 15.4. The first-order valence-corrected chi connectivity index (χ1v) is 11.1. The molecule has 2 amide bonds. The number of carbonyl (C=O) groups is 2. The van der Waals surface area contributed by atoms with Crippen LogP contribution in [0.5, 0.6) is 0 Å². The van der Waals surface area contributed by atoms with E-state index in [1.165, 1.54) is 11.3 Å². The Bertz CT molecular complexity index is 874. The summed E-state index contributed by atoms with van der Waals surface area (Å²) >= 11 is 4.89. The van der Waals surface area contributed by atoms with Crippen molar-refractivity contribution in [1.82, 2.24) is 15.5 Å². The molecular weight excluding hydrogens is 442 g/mol. The van der Waals surface area contributed by atoms with Crippen molar-refractivity contribution in [3.63, 3.8) is 0 Å². The van der Waals surface area contributed by atoms with Crippen LogP contribution in [0.1, 0.15) is 31.2 Å². The van der Waals surface area contributed by atoms with Crippen LogP contribution >= 0.6 is 27.3 Å². The molecule has 0 saturated carbocycles. The van der Waals surface area contributed by atoms with Crippen molar-refractivity contribution >= 4 is 49.3 Å². The van der Waals surface area contributed by atoms with E-state index < -0.39 is 0 Å². The van der Waals surface area contributed by atoms with Crippen LogP contribution in [-0.4, -0.2) is 41.6 Å². The minimum Gasteiger partial charge on any atom is -0.352 e. The third-order valence-electron chi connectivity index (χ3n) is 5.13. The van der Waals surface area contributed by atoms with Crippen LogP contribution in [0.4, 0.5) is 10.3 Å². The second-order valence-corrected chi connectivity index (χ2v) is 9.00. The van der Waals surface area contributed by atoms with Gasteiger partial charge in [-0.1, -0.05) is 39.4 Å². The zero-order chi connectivity index (χ0) is 19.5. The SMILES string of the molecule is O=C(NCc1cccc(Br)c1)C1CCCN(c2nnc(N3CCCC3=O)s2)C1. The highest BCUT2D eigenvalue weighted by molar-refractivity contribution is 9.10. The van der Waals surface area contributed by atoms with E-state index in [2.05, 4.69) is 36.3 Å². The molecule has 1 N–H and O–H groups in total. The average molecular weight is 464 g/mol. The number of amides is 2. The minimum absolute atomic E-state index is 0.0679. The molecule has 1 aromatic heterocycles. The zero-order valence-corrected chi connectivity index (χ0v) is 17.8. The molecule has 4 rings (SSSR count). The number of nitrogens with zero attached hydrogens (tertiary/aromatic N) is 4. The van der Waals surface area contributed by atoms with E-state index in [0.717, 1.165) is 41.0 Å². The normalized spacial score (nSPS) is 19.9. The monoisotopic (exact) mass is 463 g/mol. The molecule has 3 heterocycles.